The Balaban J connectivity index is 1.96. The van der Waals surface area contributed by atoms with E-state index in [1.54, 1.807) is 12.2 Å². The highest BCUT2D eigenvalue weighted by Crippen LogP contribution is 2.08. The van der Waals surface area contributed by atoms with Crippen molar-refractivity contribution < 1.29 is 5.11 Å². The SMILES string of the molecule is Cc1ccc(/C=C/C(O)/C=C/c2ccc(C)cc2)cc1. The minimum atomic E-state index is -0.572. The molecule has 2 rings (SSSR count). The molecule has 102 valence electrons. The highest BCUT2D eigenvalue weighted by molar-refractivity contribution is 5.54. The lowest BCUT2D eigenvalue weighted by Crippen LogP contribution is -1.95. The summed E-state index contributed by atoms with van der Waals surface area (Å²) in [7, 11) is 0. The molecular weight excluding hydrogens is 244 g/mol. The molecule has 0 radical (unpaired) electrons. The van der Waals surface area contributed by atoms with E-state index in [0.29, 0.717) is 0 Å². The Bertz CT molecular complexity index is 533. The third kappa shape index (κ3) is 4.52. The van der Waals surface area contributed by atoms with Crippen molar-refractivity contribution in [3.8, 4) is 0 Å². The summed E-state index contributed by atoms with van der Waals surface area (Å²) < 4.78 is 0. The maximum Gasteiger partial charge on any atom is 0.0909 e. The van der Waals surface area contributed by atoms with E-state index in [9.17, 15) is 5.11 Å². The van der Waals surface area contributed by atoms with Crippen molar-refractivity contribution in [1.29, 1.82) is 0 Å². The molecule has 0 heterocycles. The molecule has 20 heavy (non-hydrogen) atoms. The summed E-state index contributed by atoms with van der Waals surface area (Å²) in [5, 5.41) is 9.91. The van der Waals surface area contributed by atoms with Gasteiger partial charge in [0, 0.05) is 0 Å². The standard InChI is InChI=1S/C19H20O/c1-15-3-7-17(8-4-15)11-13-19(20)14-12-18-9-5-16(2)6-10-18/h3-14,19-20H,1-2H3/b13-11+,14-12+. The topological polar surface area (TPSA) is 20.2 Å². The molecule has 0 spiro atoms. The first-order chi connectivity index (χ1) is 9.63. The molecule has 0 fully saturated rings. The van der Waals surface area contributed by atoms with E-state index in [2.05, 4.69) is 38.1 Å². The molecule has 0 saturated carbocycles. The Morgan fingerprint density at radius 3 is 1.40 bits per heavy atom. The van der Waals surface area contributed by atoms with Crippen LogP contribution in [0.25, 0.3) is 12.2 Å². The van der Waals surface area contributed by atoms with Crippen molar-refractivity contribution in [3.63, 3.8) is 0 Å². The molecule has 0 saturated heterocycles. The molecule has 0 bridgehead atoms. The van der Waals surface area contributed by atoms with Crippen molar-refractivity contribution in [1.82, 2.24) is 0 Å². The van der Waals surface area contributed by atoms with E-state index < -0.39 is 6.10 Å². The Labute approximate surface area is 120 Å². The van der Waals surface area contributed by atoms with Crippen molar-refractivity contribution in [2.24, 2.45) is 0 Å². The third-order valence-corrected chi connectivity index (χ3v) is 3.13. The van der Waals surface area contributed by atoms with Gasteiger partial charge in [-0.2, -0.15) is 0 Å². The smallest absolute Gasteiger partial charge is 0.0909 e. The van der Waals surface area contributed by atoms with Crippen LogP contribution in [0.3, 0.4) is 0 Å². The van der Waals surface area contributed by atoms with Crippen molar-refractivity contribution in [2.45, 2.75) is 20.0 Å². The number of hydrogen-bond acceptors (Lipinski definition) is 1. The van der Waals surface area contributed by atoms with E-state index in [1.807, 2.05) is 36.4 Å². The lowest BCUT2D eigenvalue weighted by molar-refractivity contribution is 0.273. The van der Waals surface area contributed by atoms with Crippen LogP contribution in [0, 0.1) is 13.8 Å². The largest absolute Gasteiger partial charge is 0.385 e. The molecule has 1 nitrogen and oxygen atoms in total. The van der Waals surface area contributed by atoms with Gasteiger partial charge in [0.15, 0.2) is 0 Å². The summed E-state index contributed by atoms with van der Waals surface area (Å²) in [6.45, 7) is 4.12. The van der Waals surface area contributed by atoms with Crippen LogP contribution in [0.2, 0.25) is 0 Å². The highest BCUT2D eigenvalue weighted by Gasteiger charge is 1.93. The van der Waals surface area contributed by atoms with Gasteiger partial charge in [0.05, 0.1) is 6.10 Å². The van der Waals surface area contributed by atoms with Gasteiger partial charge in [0.2, 0.25) is 0 Å². The summed E-state index contributed by atoms with van der Waals surface area (Å²) in [5.74, 6) is 0. The summed E-state index contributed by atoms with van der Waals surface area (Å²) in [6.07, 6.45) is 6.87. The average molecular weight is 264 g/mol. The summed E-state index contributed by atoms with van der Waals surface area (Å²) in [6, 6.07) is 16.4. The average Bonchev–Trinajstić information content (AvgIpc) is 2.46. The maximum absolute atomic E-state index is 9.91. The number of aliphatic hydroxyl groups excluding tert-OH is 1. The minimum absolute atomic E-state index is 0.572. The maximum atomic E-state index is 9.91. The van der Waals surface area contributed by atoms with Crippen LogP contribution in [-0.4, -0.2) is 11.2 Å². The van der Waals surface area contributed by atoms with Crippen LogP contribution in [0.1, 0.15) is 22.3 Å². The second-order valence-electron chi connectivity index (χ2n) is 5.03. The Kier molecular flexibility index (Phi) is 4.91. The zero-order valence-corrected chi connectivity index (χ0v) is 12.0. The van der Waals surface area contributed by atoms with E-state index in [1.165, 1.54) is 11.1 Å². The van der Waals surface area contributed by atoms with Crippen LogP contribution in [0.15, 0.2) is 60.7 Å². The van der Waals surface area contributed by atoms with E-state index in [4.69, 9.17) is 0 Å². The van der Waals surface area contributed by atoms with Gasteiger partial charge < -0.3 is 5.11 Å². The predicted octanol–water partition coefficient (Wildman–Crippen LogP) is 4.39. The van der Waals surface area contributed by atoms with Gasteiger partial charge in [-0.3, -0.25) is 0 Å². The molecule has 2 aromatic carbocycles. The van der Waals surface area contributed by atoms with Crippen LogP contribution >= 0.6 is 0 Å². The van der Waals surface area contributed by atoms with Crippen LogP contribution < -0.4 is 0 Å². The zero-order valence-electron chi connectivity index (χ0n) is 12.0. The molecule has 0 aliphatic rings. The number of aryl methyl sites for hydroxylation is 2. The number of aliphatic hydroxyl groups is 1. The fourth-order valence-electron chi connectivity index (χ4n) is 1.84. The Morgan fingerprint density at radius 1 is 0.700 bits per heavy atom. The van der Waals surface area contributed by atoms with E-state index in [-0.39, 0.29) is 0 Å². The normalized spacial score (nSPS) is 11.8. The molecule has 1 heteroatoms. The third-order valence-electron chi connectivity index (χ3n) is 3.13. The fraction of sp³-hybridized carbons (Fsp3) is 0.158. The summed E-state index contributed by atoms with van der Waals surface area (Å²) in [4.78, 5) is 0. The Hall–Kier alpha value is -2.12. The zero-order chi connectivity index (χ0) is 14.4. The molecule has 0 aliphatic heterocycles. The summed E-state index contributed by atoms with van der Waals surface area (Å²) >= 11 is 0. The van der Waals surface area contributed by atoms with Crippen molar-refractivity contribution >= 4 is 12.2 Å². The lowest BCUT2D eigenvalue weighted by Gasteiger charge is -1.99. The first-order valence-electron chi connectivity index (χ1n) is 6.81. The molecule has 0 aromatic heterocycles. The first-order valence-corrected chi connectivity index (χ1v) is 6.81. The van der Waals surface area contributed by atoms with Crippen LogP contribution in [-0.2, 0) is 0 Å². The second kappa shape index (κ2) is 6.88. The molecule has 2 aromatic rings. The van der Waals surface area contributed by atoms with Gasteiger partial charge in [-0.25, -0.2) is 0 Å². The minimum Gasteiger partial charge on any atom is -0.385 e. The monoisotopic (exact) mass is 264 g/mol. The molecule has 0 atom stereocenters. The number of benzene rings is 2. The second-order valence-corrected chi connectivity index (χ2v) is 5.03. The summed E-state index contributed by atoms with van der Waals surface area (Å²) in [5.41, 5.74) is 4.67. The molecule has 0 aliphatic carbocycles. The quantitative estimate of drug-likeness (QED) is 0.868. The van der Waals surface area contributed by atoms with Crippen molar-refractivity contribution in [3.05, 3.63) is 82.9 Å². The van der Waals surface area contributed by atoms with Gasteiger partial charge in [-0.15, -0.1) is 0 Å². The predicted molar refractivity (Wildman–Crippen MR) is 86.4 cm³/mol. The van der Waals surface area contributed by atoms with Gasteiger partial charge in [0.1, 0.15) is 0 Å². The van der Waals surface area contributed by atoms with Crippen molar-refractivity contribution in [2.75, 3.05) is 0 Å². The van der Waals surface area contributed by atoms with E-state index in [0.717, 1.165) is 11.1 Å². The van der Waals surface area contributed by atoms with Gasteiger partial charge in [-0.1, -0.05) is 84.0 Å². The van der Waals surface area contributed by atoms with Gasteiger partial charge >= 0.3 is 0 Å². The molecular formula is C19H20O. The van der Waals surface area contributed by atoms with Gasteiger partial charge in [-0.05, 0) is 25.0 Å². The highest BCUT2D eigenvalue weighted by atomic mass is 16.3. The molecule has 0 amide bonds. The lowest BCUT2D eigenvalue weighted by atomic mass is 10.1. The van der Waals surface area contributed by atoms with E-state index >= 15 is 0 Å². The Morgan fingerprint density at radius 2 is 1.05 bits per heavy atom. The molecule has 0 unspecified atom stereocenters. The van der Waals surface area contributed by atoms with Crippen LogP contribution in [0.4, 0.5) is 0 Å². The van der Waals surface area contributed by atoms with Crippen LogP contribution in [0.5, 0.6) is 0 Å². The fourth-order valence-corrected chi connectivity index (χ4v) is 1.84. The first kappa shape index (κ1) is 14.3. The molecule has 1 N–H and O–H groups in total. The number of hydrogen-bond donors (Lipinski definition) is 1. The van der Waals surface area contributed by atoms with Gasteiger partial charge in [0.25, 0.3) is 0 Å². The number of rotatable bonds is 4.